The number of rotatable bonds is 12. The SMILES string of the molecule is CCCCCC(O)/C=C/[C@@H]1C[C@@H]2C[C@H]([C@H]1C/C=C\CCCC(=O)O)C2(C)C. The first-order chi connectivity index (χ1) is 12.9. The average Bonchev–Trinajstić information content (AvgIpc) is 2.62. The van der Waals surface area contributed by atoms with Crippen LogP contribution in [0.5, 0.6) is 0 Å². The van der Waals surface area contributed by atoms with Crippen LogP contribution in [0.3, 0.4) is 0 Å². The highest BCUT2D eigenvalue weighted by Gasteiger charge is 2.56. The summed E-state index contributed by atoms with van der Waals surface area (Å²) in [6.45, 7) is 7.04. The zero-order valence-corrected chi connectivity index (χ0v) is 17.6. The van der Waals surface area contributed by atoms with Crippen molar-refractivity contribution >= 4 is 5.97 Å². The van der Waals surface area contributed by atoms with Crippen LogP contribution in [0.15, 0.2) is 24.3 Å². The van der Waals surface area contributed by atoms with Gasteiger partial charge in [0.1, 0.15) is 0 Å². The number of hydrogen-bond acceptors (Lipinski definition) is 2. The molecule has 3 saturated carbocycles. The lowest BCUT2D eigenvalue weighted by Gasteiger charge is -2.62. The quantitative estimate of drug-likeness (QED) is 0.325. The van der Waals surface area contributed by atoms with E-state index < -0.39 is 5.97 Å². The number of aliphatic carboxylic acids is 1. The van der Waals surface area contributed by atoms with Crippen LogP contribution in [0.4, 0.5) is 0 Å². The fourth-order valence-corrected chi connectivity index (χ4v) is 5.26. The van der Waals surface area contributed by atoms with Crippen molar-refractivity contribution in [1.82, 2.24) is 0 Å². The zero-order valence-electron chi connectivity index (χ0n) is 17.6. The van der Waals surface area contributed by atoms with Gasteiger partial charge in [-0.3, -0.25) is 4.79 Å². The Morgan fingerprint density at radius 1 is 1.19 bits per heavy atom. The van der Waals surface area contributed by atoms with Crippen LogP contribution in [0.1, 0.15) is 85.0 Å². The average molecular weight is 377 g/mol. The van der Waals surface area contributed by atoms with Gasteiger partial charge in [-0.1, -0.05) is 64.3 Å². The molecule has 3 heteroatoms. The lowest BCUT2D eigenvalue weighted by atomic mass is 9.43. The van der Waals surface area contributed by atoms with Gasteiger partial charge in [-0.25, -0.2) is 0 Å². The first kappa shape index (κ1) is 22.2. The zero-order chi connectivity index (χ0) is 19.9. The van der Waals surface area contributed by atoms with Gasteiger partial charge in [0.2, 0.25) is 0 Å². The summed E-state index contributed by atoms with van der Waals surface area (Å²) in [5, 5.41) is 19.0. The Kier molecular flexibility index (Phi) is 8.60. The number of carboxylic acids is 1. The molecule has 3 nitrogen and oxygen atoms in total. The number of hydrogen-bond donors (Lipinski definition) is 2. The molecule has 0 aromatic heterocycles. The summed E-state index contributed by atoms with van der Waals surface area (Å²) >= 11 is 0. The highest BCUT2D eigenvalue weighted by atomic mass is 16.4. The van der Waals surface area contributed by atoms with Crippen molar-refractivity contribution < 1.29 is 15.0 Å². The molecular weight excluding hydrogens is 336 g/mol. The van der Waals surface area contributed by atoms with Gasteiger partial charge in [0.25, 0.3) is 0 Å². The van der Waals surface area contributed by atoms with Gasteiger partial charge in [0, 0.05) is 6.42 Å². The Morgan fingerprint density at radius 3 is 2.63 bits per heavy atom. The van der Waals surface area contributed by atoms with E-state index in [-0.39, 0.29) is 12.5 Å². The monoisotopic (exact) mass is 376 g/mol. The smallest absolute Gasteiger partial charge is 0.303 e. The standard InChI is InChI=1S/C24H40O3/c1-4-5-8-11-20(25)15-14-18-16-19-17-22(24(19,2)3)21(18)12-9-6-7-10-13-23(26)27/h6,9,14-15,18-22,25H,4-5,7-8,10-13,16-17H2,1-3H3,(H,26,27)/b9-6-,15-14+/t18-,19-,20?,21+,22-/m1/s1. The van der Waals surface area contributed by atoms with Gasteiger partial charge in [-0.2, -0.15) is 0 Å². The van der Waals surface area contributed by atoms with Gasteiger partial charge in [-0.15, -0.1) is 0 Å². The maximum atomic E-state index is 10.6. The lowest BCUT2D eigenvalue weighted by Crippen LogP contribution is -2.55. The molecule has 2 bridgehead atoms. The molecule has 3 rings (SSSR count). The molecule has 0 aliphatic heterocycles. The summed E-state index contributed by atoms with van der Waals surface area (Å²) in [4.78, 5) is 10.6. The third kappa shape index (κ3) is 6.20. The predicted octanol–water partition coefficient (Wildman–Crippen LogP) is 5.98. The summed E-state index contributed by atoms with van der Waals surface area (Å²) in [6.07, 6.45) is 18.4. The van der Waals surface area contributed by atoms with Gasteiger partial charge in [-0.05, 0) is 67.6 Å². The Morgan fingerprint density at radius 2 is 1.96 bits per heavy atom. The first-order valence-corrected chi connectivity index (χ1v) is 11.1. The number of aliphatic hydroxyl groups is 1. The third-order valence-electron chi connectivity index (χ3n) is 7.19. The second kappa shape index (κ2) is 10.5. The molecule has 0 heterocycles. The molecule has 3 aliphatic carbocycles. The van der Waals surface area contributed by atoms with Crippen molar-refractivity contribution in [2.45, 2.75) is 91.1 Å². The molecule has 3 aliphatic rings. The summed E-state index contributed by atoms with van der Waals surface area (Å²) in [5.41, 5.74) is 0.450. The number of allylic oxidation sites excluding steroid dienone is 3. The van der Waals surface area contributed by atoms with Crippen molar-refractivity contribution in [3.63, 3.8) is 0 Å². The van der Waals surface area contributed by atoms with E-state index in [2.05, 4.69) is 45.1 Å². The van der Waals surface area contributed by atoms with Crippen LogP contribution < -0.4 is 0 Å². The van der Waals surface area contributed by atoms with E-state index in [0.29, 0.717) is 17.3 Å². The lowest BCUT2D eigenvalue weighted by molar-refractivity contribution is -0.137. The number of aliphatic hydroxyl groups excluding tert-OH is 1. The Bertz CT molecular complexity index is 520. The minimum atomic E-state index is -0.708. The molecule has 1 unspecified atom stereocenters. The second-order valence-corrected chi connectivity index (χ2v) is 9.37. The first-order valence-electron chi connectivity index (χ1n) is 11.1. The number of unbranched alkanes of at least 4 members (excludes halogenated alkanes) is 3. The van der Waals surface area contributed by atoms with E-state index in [9.17, 15) is 9.90 Å². The van der Waals surface area contributed by atoms with Gasteiger partial charge in [0.15, 0.2) is 0 Å². The van der Waals surface area contributed by atoms with Gasteiger partial charge in [0.05, 0.1) is 6.10 Å². The molecule has 5 atom stereocenters. The summed E-state index contributed by atoms with van der Waals surface area (Å²) in [6, 6.07) is 0. The van der Waals surface area contributed by atoms with E-state index in [0.717, 1.165) is 43.9 Å². The molecule has 0 aromatic rings. The highest BCUT2D eigenvalue weighted by Crippen LogP contribution is 2.64. The summed E-state index contributed by atoms with van der Waals surface area (Å²) in [5.74, 6) is 2.11. The van der Waals surface area contributed by atoms with Crippen molar-refractivity contribution in [2.75, 3.05) is 0 Å². The molecule has 0 saturated heterocycles. The van der Waals surface area contributed by atoms with E-state index in [1.807, 2.05) is 0 Å². The molecule has 27 heavy (non-hydrogen) atoms. The predicted molar refractivity (Wildman–Crippen MR) is 112 cm³/mol. The van der Waals surface area contributed by atoms with Crippen LogP contribution >= 0.6 is 0 Å². The molecule has 0 aromatic carbocycles. The van der Waals surface area contributed by atoms with Crippen LogP contribution in [0.2, 0.25) is 0 Å². The fourth-order valence-electron chi connectivity index (χ4n) is 5.26. The molecule has 0 spiro atoms. The van der Waals surface area contributed by atoms with Crippen molar-refractivity contribution in [1.29, 1.82) is 0 Å². The number of fused-ring (bicyclic) bond motifs is 2. The molecule has 154 valence electrons. The van der Waals surface area contributed by atoms with Crippen LogP contribution in [0.25, 0.3) is 0 Å². The normalized spacial score (nSPS) is 30.5. The molecular formula is C24H40O3. The van der Waals surface area contributed by atoms with Crippen LogP contribution in [-0.2, 0) is 4.79 Å². The fraction of sp³-hybridized carbons (Fsp3) is 0.792. The van der Waals surface area contributed by atoms with E-state index in [1.165, 1.54) is 25.7 Å². The Balaban J connectivity index is 1.88. The van der Waals surface area contributed by atoms with Gasteiger partial charge < -0.3 is 10.2 Å². The molecule has 3 fully saturated rings. The van der Waals surface area contributed by atoms with Crippen molar-refractivity contribution in [3.05, 3.63) is 24.3 Å². The Labute approximate surface area is 165 Å². The minimum absolute atomic E-state index is 0.256. The summed E-state index contributed by atoms with van der Waals surface area (Å²) in [7, 11) is 0. The van der Waals surface area contributed by atoms with Gasteiger partial charge >= 0.3 is 5.97 Å². The Hall–Kier alpha value is -1.09. The second-order valence-electron chi connectivity index (χ2n) is 9.37. The van der Waals surface area contributed by atoms with Crippen LogP contribution in [-0.4, -0.2) is 22.3 Å². The molecule has 0 amide bonds. The van der Waals surface area contributed by atoms with E-state index in [4.69, 9.17) is 5.11 Å². The maximum Gasteiger partial charge on any atom is 0.303 e. The molecule has 0 radical (unpaired) electrons. The van der Waals surface area contributed by atoms with E-state index in [1.54, 1.807) is 0 Å². The van der Waals surface area contributed by atoms with E-state index >= 15 is 0 Å². The largest absolute Gasteiger partial charge is 0.481 e. The van der Waals surface area contributed by atoms with Crippen LogP contribution in [0, 0.1) is 29.1 Å². The maximum absolute atomic E-state index is 10.6. The van der Waals surface area contributed by atoms with Crippen molar-refractivity contribution in [2.24, 2.45) is 29.1 Å². The molecule has 2 N–H and O–H groups in total. The minimum Gasteiger partial charge on any atom is -0.481 e. The number of carbonyl (C=O) groups is 1. The number of carboxylic acid groups (broad SMARTS) is 1. The third-order valence-corrected chi connectivity index (χ3v) is 7.19. The highest BCUT2D eigenvalue weighted by molar-refractivity contribution is 5.66. The summed E-state index contributed by atoms with van der Waals surface area (Å²) < 4.78 is 0. The topological polar surface area (TPSA) is 57.5 Å². The van der Waals surface area contributed by atoms with Crippen molar-refractivity contribution in [3.8, 4) is 0 Å².